The highest BCUT2D eigenvalue weighted by Gasteiger charge is 2.18. The van der Waals surface area contributed by atoms with Crippen molar-refractivity contribution >= 4 is 35.0 Å². The summed E-state index contributed by atoms with van der Waals surface area (Å²) in [6, 6.07) is 7.12. The van der Waals surface area contributed by atoms with E-state index in [1.807, 2.05) is 17.6 Å². The standard InChI is InChI=1S/C16H21ClN4OS/c1-3-4-5-9-21-11-18-20-16(21)23-12(2)15(22)19-14-8-6-7-13(17)10-14/h6-8,10-12H,3-5,9H2,1-2H3,(H,19,22)/t12-/m1/s1. The Hall–Kier alpha value is -1.53. The van der Waals surface area contributed by atoms with Gasteiger partial charge in [-0.15, -0.1) is 10.2 Å². The lowest BCUT2D eigenvalue weighted by atomic mass is 10.2. The lowest BCUT2D eigenvalue weighted by Gasteiger charge is -2.12. The van der Waals surface area contributed by atoms with Gasteiger partial charge in [-0.1, -0.05) is 49.2 Å². The average molecular weight is 353 g/mol. The Morgan fingerprint density at radius 3 is 3.00 bits per heavy atom. The fraction of sp³-hybridized carbons (Fsp3) is 0.438. The van der Waals surface area contributed by atoms with Gasteiger partial charge in [-0.05, 0) is 31.5 Å². The SMILES string of the molecule is CCCCCn1cnnc1S[C@H](C)C(=O)Nc1cccc(Cl)c1. The van der Waals surface area contributed by atoms with E-state index in [0.29, 0.717) is 10.7 Å². The third-order valence-corrected chi connectivity index (χ3v) is 4.66. The third kappa shape index (κ3) is 5.55. The number of thioether (sulfide) groups is 1. The number of rotatable bonds is 8. The number of amides is 1. The molecule has 2 aromatic rings. The summed E-state index contributed by atoms with van der Waals surface area (Å²) in [5.41, 5.74) is 0.694. The number of nitrogens with zero attached hydrogens (tertiary/aromatic N) is 3. The van der Waals surface area contributed by atoms with Crippen molar-refractivity contribution in [3.05, 3.63) is 35.6 Å². The molecule has 0 saturated heterocycles. The van der Waals surface area contributed by atoms with Crippen molar-refractivity contribution in [1.29, 1.82) is 0 Å². The van der Waals surface area contributed by atoms with Crippen LogP contribution in [0.5, 0.6) is 0 Å². The van der Waals surface area contributed by atoms with Gasteiger partial charge in [0.2, 0.25) is 5.91 Å². The molecule has 0 fully saturated rings. The van der Waals surface area contributed by atoms with Gasteiger partial charge in [-0.3, -0.25) is 4.79 Å². The zero-order valence-corrected chi connectivity index (χ0v) is 14.9. The van der Waals surface area contributed by atoms with E-state index < -0.39 is 0 Å². The molecule has 0 aliphatic rings. The molecule has 1 atom stereocenters. The monoisotopic (exact) mass is 352 g/mol. The van der Waals surface area contributed by atoms with Crippen LogP contribution in [-0.4, -0.2) is 25.9 Å². The minimum atomic E-state index is -0.275. The van der Waals surface area contributed by atoms with Crippen LogP contribution in [0.2, 0.25) is 5.02 Å². The topological polar surface area (TPSA) is 59.8 Å². The van der Waals surface area contributed by atoms with Crippen molar-refractivity contribution in [2.24, 2.45) is 0 Å². The smallest absolute Gasteiger partial charge is 0.237 e. The summed E-state index contributed by atoms with van der Waals surface area (Å²) in [4.78, 5) is 12.3. The Morgan fingerprint density at radius 2 is 2.26 bits per heavy atom. The maximum absolute atomic E-state index is 12.3. The molecule has 1 aromatic carbocycles. The van der Waals surface area contributed by atoms with Crippen LogP contribution in [0.3, 0.4) is 0 Å². The number of carbonyl (C=O) groups is 1. The fourth-order valence-corrected chi connectivity index (χ4v) is 3.08. The van der Waals surface area contributed by atoms with E-state index in [-0.39, 0.29) is 11.2 Å². The number of carbonyl (C=O) groups excluding carboxylic acids is 1. The number of nitrogens with one attached hydrogen (secondary N) is 1. The first-order valence-electron chi connectivity index (χ1n) is 7.71. The molecule has 0 bridgehead atoms. The molecule has 0 spiro atoms. The molecule has 1 heterocycles. The molecule has 23 heavy (non-hydrogen) atoms. The molecule has 1 aromatic heterocycles. The predicted octanol–water partition coefficient (Wildman–Crippen LogP) is 4.24. The Balaban J connectivity index is 1.92. The van der Waals surface area contributed by atoms with Crippen LogP contribution < -0.4 is 5.32 Å². The van der Waals surface area contributed by atoms with E-state index in [9.17, 15) is 4.79 Å². The number of halogens is 1. The minimum absolute atomic E-state index is 0.0830. The first-order valence-corrected chi connectivity index (χ1v) is 8.96. The van der Waals surface area contributed by atoms with Crippen LogP contribution in [0, 0.1) is 0 Å². The molecule has 1 amide bonds. The van der Waals surface area contributed by atoms with Gasteiger partial charge in [0, 0.05) is 17.3 Å². The Kier molecular flexibility index (Phi) is 6.92. The maximum Gasteiger partial charge on any atom is 0.237 e. The van der Waals surface area contributed by atoms with Crippen molar-refractivity contribution in [2.75, 3.05) is 5.32 Å². The fourth-order valence-electron chi connectivity index (χ4n) is 2.04. The van der Waals surface area contributed by atoms with Crippen LogP contribution in [0.15, 0.2) is 35.7 Å². The molecular formula is C16H21ClN4OS. The number of benzene rings is 1. The van der Waals surface area contributed by atoms with Crippen molar-refractivity contribution in [3.8, 4) is 0 Å². The van der Waals surface area contributed by atoms with Gasteiger partial charge >= 0.3 is 0 Å². The molecule has 7 heteroatoms. The van der Waals surface area contributed by atoms with Gasteiger partial charge in [-0.25, -0.2) is 0 Å². The highest BCUT2D eigenvalue weighted by atomic mass is 35.5. The predicted molar refractivity (Wildman–Crippen MR) is 94.9 cm³/mol. The van der Waals surface area contributed by atoms with Crippen LogP contribution in [0.4, 0.5) is 5.69 Å². The molecule has 124 valence electrons. The number of anilines is 1. The largest absolute Gasteiger partial charge is 0.325 e. The van der Waals surface area contributed by atoms with Crippen molar-refractivity contribution in [1.82, 2.24) is 14.8 Å². The van der Waals surface area contributed by atoms with Gasteiger partial charge in [0.15, 0.2) is 5.16 Å². The first-order chi connectivity index (χ1) is 11.1. The van der Waals surface area contributed by atoms with Crippen LogP contribution in [-0.2, 0) is 11.3 Å². The first kappa shape index (κ1) is 17.8. The van der Waals surface area contributed by atoms with E-state index in [2.05, 4.69) is 22.4 Å². The van der Waals surface area contributed by atoms with Gasteiger partial charge in [-0.2, -0.15) is 0 Å². The van der Waals surface area contributed by atoms with Crippen molar-refractivity contribution in [3.63, 3.8) is 0 Å². The highest BCUT2D eigenvalue weighted by molar-refractivity contribution is 8.00. The number of unbranched alkanes of at least 4 members (excludes halogenated alkanes) is 2. The second-order valence-electron chi connectivity index (χ2n) is 5.27. The molecule has 0 aliphatic carbocycles. The molecule has 0 aliphatic heterocycles. The zero-order chi connectivity index (χ0) is 16.7. The lowest BCUT2D eigenvalue weighted by molar-refractivity contribution is -0.115. The second-order valence-corrected chi connectivity index (χ2v) is 7.02. The van der Waals surface area contributed by atoms with Crippen LogP contribution >= 0.6 is 23.4 Å². The molecule has 0 radical (unpaired) electrons. The number of hydrogen-bond donors (Lipinski definition) is 1. The maximum atomic E-state index is 12.3. The number of hydrogen-bond acceptors (Lipinski definition) is 4. The summed E-state index contributed by atoms with van der Waals surface area (Å²) in [5.74, 6) is -0.0830. The summed E-state index contributed by atoms with van der Waals surface area (Å²) in [7, 11) is 0. The average Bonchev–Trinajstić information content (AvgIpc) is 2.95. The van der Waals surface area contributed by atoms with Crippen molar-refractivity contribution < 1.29 is 4.79 Å². The van der Waals surface area contributed by atoms with Crippen LogP contribution in [0.1, 0.15) is 33.1 Å². The van der Waals surface area contributed by atoms with Crippen molar-refractivity contribution in [2.45, 2.75) is 50.1 Å². The zero-order valence-electron chi connectivity index (χ0n) is 13.3. The number of aryl methyl sites for hydroxylation is 1. The molecule has 5 nitrogen and oxygen atoms in total. The Bertz CT molecular complexity index is 647. The van der Waals surface area contributed by atoms with E-state index in [4.69, 9.17) is 11.6 Å². The lowest BCUT2D eigenvalue weighted by Crippen LogP contribution is -2.22. The second kappa shape index (κ2) is 8.93. The molecular weight excluding hydrogens is 332 g/mol. The summed E-state index contributed by atoms with van der Waals surface area (Å²) in [6.07, 6.45) is 5.15. The summed E-state index contributed by atoms with van der Waals surface area (Å²) in [5, 5.41) is 12.0. The number of aromatic nitrogens is 3. The van der Waals surface area contributed by atoms with E-state index in [1.54, 1.807) is 24.5 Å². The van der Waals surface area contributed by atoms with Gasteiger partial charge in [0.05, 0.1) is 5.25 Å². The van der Waals surface area contributed by atoms with Gasteiger partial charge in [0.1, 0.15) is 6.33 Å². The summed E-state index contributed by atoms with van der Waals surface area (Å²) in [6.45, 7) is 4.91. The highest BCUT2D eigenvalue weighted by Crippen LogP contribution is 2.23. The van der Waals surface area contributed by atoms with E-state index in [1.165, 1.54) is 24.6 Å². The molecule has 2 rings (SSSR count). The van der Waals surface area contributed by atoms with E-state index in [0.717, 1.165) is 18.1 Å². The summed E-state index contributed by atoms with van der Waals surface area (Å²) >= 11 is 7.34. The normalized spacial score (nSPS) is 12.1. The van der Waals surface area contributed by atoms with E-state index >= 15 is 0 Å². The summed E-state index contributed by atoms with van der Waals surface area (Å²) < 4.78 is 2.00. The third-order valence-electron chi connectivity index (χ3n) is 3.33. The minimum Gasteiger partial charge on any atom is -0.325 e. The van der Waals surface area contributed by atoms with Gasteiger partial charge in [0.25, 0.3) is 0 Å². The van der Waals surface area contributed by atoms with Crippen LogP contribution in [0.25, 0.3) is 0 Å². The molecule has 0 unspecified atom stereocenters. The molecule has 1 N–H and O–H groups in total. The molecule has 0 saturated carbocycles. The quantitative estimate of drug-likeness (QED) is 0.570. The van der Waals surface area contributed by atoms with Gasteiger partial charge < -0.3 is 9.88 Å². The Morgan fingerprint density at radius 1 is 1.43 bits per heavy atom. The Labute approximate surface area is 145 Å².